The number of pyridine rings is 1. The van der Waals surface area contributed by atoms with Gasteiger partial charge >= 0.3 is 0 Å². The summed E-state index contributed by atoms with van der Waals surface area (Å²) in [6.07, 6.45) is 3.34. The van der Waals surface area contributed by atoms with Crippen LogP contribution in [0.5, 0.6) is 0 Å². The fraction of sp³-hybridized carbons (Fsp3) is 0.278. The predicted molar refractivity (Wildman–Crippen MR) is 92.2 cm³/mol. The Morgan fingerprint density at radius 1 is 1.12 bits per heavy atom. The minimum Gasteiger partial charge on any atom is -0.339 e. The van der Waals surface area contributed by atoms with Gasteiger partial charge in [0, 0.05) is 25.2 Å². The molecule has 0 atom stereocenters. The molecular formula is C18H15ClF2N4O. The summed E-state index contributed by atoms with van der Waals surface area (Å²) in [5.41, 5.74) is 0.770. The Morgan fingerprint density at radius 2 is 1.85 bits per heavy atom. The monoisotopic (exact) mass is 376 g/mol. The van der Waals surface area contributed by atoms with E-state index in [0.29, 0.717) is 25.9 Å². The van der Waals surface area contributed by atoms with Crippen molar-refractivity contribution in [1.29, 1.82) is 0 Å². The number of piperidine rings is 1. The number of benzene rings is 1. The molecule has 0 spiro atoms. The van der Waals surface area contributed by atoms with Crippen molar-refractivity contribution in [3.8, 4) is 0 Å². The van der Waals surface area contributed by atoms with Gasteiger partial charge in [-0.1, -0.05) is 17.7 Å². The van der Waals surface area contributed by atoms with Crippen LogP contribution < -0.4 is 0 Å². The first-order valence-electron chi connectivity index (χ1n) is 8.28. The highest BCUT2D eigenvalue weighted by Crippen LogP contribution is 2.29. The molecule has 4 rings (SSSR count). The third-order valence-electron chi connectivity index (χ3n) is 4.73. The molecule has 1 fully saturated rings. The number of hydrogen-bond donors (Lipinski definition) is 0. The van der Waals surface area contributed by atoms with Crippen molar-refractivity contribution >= 4 is 23.2 Å². The van der Waals surface area contributed by atoms with Gasteiger partial charge in [-0.3, -0.25) is 9.20 Å². The molecule has 8 heteroatoms. The van der Waals surface area contributed by atoms with Crippen molar-refractivity contribution in [1.82, 2.24) is 19.5 Å². The molecule has 1 aliphatic heterocycles. The molecular weight excluding hydrogens is 362 g/mol. The van der Waals surface area contributed by atoms with E-state index >= 15 is 0 Å². The first-order chi connectivity index (χ1) is 12.5. The van der Waals surface area contributed by atoms with Crippen molar-refractivity contribution in [2.45, 2.75) is 18.8 Å². The van der Waals surface area contributed by atoms with Gasteiger partial charge in [-0.25, -0.2) is 8.78 Å². The molecule has 2 aromatic heterocycles. The molecule has 0 radical (unpaired) electrons. The predicted octanol–water partition coefficient (Wildman–Crippen LogP) is 3.68. The van der Waals surface area contributed by atoms with Crippen molar-refractivity contribution in [2.24, 2.45) is 0 Å². The summed E-state index contributed by atoms with van der Waals surface area (Å²) in [4.78, 5) is 14.2. The Labute approximate surface area is 153 Å². The number of carbonyl (C=O) groups is 1. The summed E-state index contributed by atoms with van der Waals surface area (Å²) >= 11 is 5.92. The SMILES string of the molecule is O=C(c1cc(F)c(F)cc1Cl)N1CCC(c2nnc3ccccn23)CC1. The van der Waals surface area contributed by atoms with Gasteiger partial charge in [0.05, 0.1) is 10.6 Å². The molecule has 3 heterocycles. The second-order valence-corrected chi connectivity index (χ2v) is 6.71. The average Bonchev–Trinajstić information content (AvgIpc) is 3.08. The molecule has 0 saturated carbocycles. The normalized spacial score (nSPS) is 15.6. The summed E-state index contributed by atoms with van der Waals surface area (Å²) in [6.45, 7) is 0.973. The van der Waals surface area contributed by atoms with Crippen LogP contribution >= 0.6 is 11.6 Å². The lowest BCUT2D eigenvalue weighted by molar-refractivity contribution is 0.0710. The van der Waals surface area contributed by atoms with E-state index in [2.05, 4.69) is 10.2 Å². The molecule has 1 saturated heterocycles. The van der Waals surface area contributed by atoms with E-state index in [1.165, 1.54) is 0 Å². The smallest absolute Gasteiger partial charge is 0.255 e. The van der Waals surface area contributed by atoms with Gasteiger partial charge < -0.3 is 4.90 Å². The largest absolute Gasteiger partial charge is 0.339 e. The fourth-order valence-corrected chi connectivity index (χ4v) is 3.57. The van der Waals surface area contributed by atoms with Crippen molar-refractivity contribution in [3.05, 3.63) is 64.6 Å². The van der Waals surface area contributed by atoms with E-state index in [1.807, 2.05) is 28.8 Å². The van der Waals surface area contributed by atoms with Gasteiger partial charge in [0.1, 0.15) is 5.82 Å². The second-order valence-electron chi connectivity index (χ2n) is 6.30. The third kappa shape index (κ3) is 2.92. The van der Waals surface area contributed by atoms with Gasteiger partial charge in [0.15, 0.2) is 17.3 Å². The van der Waals surface area contributed by atoms with E-state index in [-0.39, 0.29) is 16.5 Å². The van der Waals surface area contributed by atoms with Crippen LogP contribution in [0.1, 0.15) is 34.9 Å². The lowest BCUT2D eigenvalue weighted by Gasteiger charge is -2.31. The van der Waals surface area contributed by atoms with E-state index in [4.69, 9.17) is 11.6 Å². The highest BCUT2D eigenvalue weighted by atomic mass is 35.5. The first kappa shape index (κ1) is 16.9. The molecule has 134 valence electrons. The van der Waals surface area contributed by atoms with Crippen LogP contribution in [-0.2, 0) is 0 Å². The second kappa shape index (κ2) is 6.64. The molecule has 0 bridgehead atoms. The topological polar surface area (TPSA) is 50.5 Å². The maximum Gasteiger partial charge on any atom is 0.255 e. The number of amides is 1. The van der Waals surface area contributed by atoms with Crippen LogP contribution in [-0.4, -0.2) is 38.5 Å². The number of carbonyl (C=O) groups excluding carboxylic acids is 1. The summed E-state index contributed by atoms with van der Waals surface area (Å²) in [7, 11) is 0. The van der Waals surface area contributed by atoms with Gasteiger partial charge in [-0.05, 0) is 37.1 Å². The number of hydrogen-bond acceptors (Lipinski definition) is 3. The number of halogens is 3. The Hall–Kier alpha value is -2.54. The highest BCUT2D eigenvalue weighted by Gasteiger charge is 2.28. The van der Waals surface area contributed by atoms with E-state index < -0.39 is 17.5 Å². The van der Waals surface area contributed by atoms with Gasteiger partial charge in [-0.15, -0.1) is 10.2 Å². The maximum atomic E-state index is 13.5. The maximum absolute atomic E-state index is 13.5. The minimum absolute atomic E-state index is 0.0167. The van der Waals surface area contributed by atoms with E-state index in [9.17, 15) is 13.6 Å². The summed E-state index contributed by atoms with van der Waals surface area (Å²) < 4.78 is 28.6. The molecule has 1 aliphatic rings. The van der Waals surface area contributed by atoms with E-state index in [1.54, 1.807) is 4.90 Å². The Kier molecular flexibility index (Phi) is 4.32. The molecule has 3 aromatic rings. The van der Waals surface area contributed by atoms with Crippen molar-refractivity contribution in [3.63, 3.8) is 0 Å². The van der Waals surface area contributed by atoms with Gasteiger partial charge in [0.2, 0.25) is 0 Å². The number of nitrogens with zero attached hydrogens (tertiary/aromatic N) is 4. The molecule has 0 aliphatic carbocycles. The number of aromatic nitrogens is 3. The standard InChI is InChI=1S/C18H15ClF2N4O/c19-13-10-15(21)14(20)9-12(13)18(26)24-7-4-11(5-8-24)17-23-22-16-3-1-2-6-25(16)17/h1-3,6,9-11H,4-5,7-8H2. The molecule has 0 unspecified atom stereocenters. The van der Waals surface area contributed by atoms with Gasteiger partial charge in [-0.2, -0.15) is 0 Å². The van der Waals surface area contributed by atoms with E-state index in [0.717, 1.165) is 23.6 Å². The lowest BCUT2D eigenvalue weighted by atomic mass is 9.95. The van der Waals surface area contributed by atoms with Crippen molar-refractivity contribution < 1.29 is 13.6 Å². The van der Waals surface area contributed by atoms with Crippen LogP contribution in [0, 0.1) is 11.6 Å². The molecule has 0 N–H and O–H groups in total. The molecule has 1 aromatic carbocycles. The lowest BCUT2D eigenvalue weighted by Crippen LogP contribution is -2.38. The Bertz CT molecular complexity index is 982. The fourth-order valence-electron chi connectivity index (χ4n) is 3.34. The molecule has 1 amide bonds. The number of fused-ring (bicyclic) bond motifs is 1. The zero-order chi connectivity index (χ0) is 18.3. The quantitative estimate of drug-likeness (QED) is 0.641. The molecule has 5 nitrogen and oxygen atoms in total. The van der Waals surface area contributed by atoms with Crippen LogP contribution in [0.4, 0.5) is 8.78 Å². The summed E-state index contributed by atoms with van der Waals surface area (Å²) in [5.74, 6) is -1.49. The summed E-state index contributed by atoms with van der Waals surface area (Å²) in [5, 5.41) is 8.36. The minimum atomic E-state index is -1.08. The summed E-state index contributed by atoms with van der Waals surface area (Å²) in [6, 6.07) is 7.40. The van der Waals surface area contributed by atoms with Crippen LogP contribution in [0.15, 0.2) is 36.5 Å². The Morgan fingerprint density at radius 3 is 2.62 bits per heavy atom. The number of rotatable bonds is 2. The first-order valence-corrected chi connectivity index (χ1v) is 8.66. The van der Waals surface area contributed by atoms with Crippen LogP contribution in [0.3, 0.4) is 0 Å². The number of likely N-dealkylation sites (tertiary alicyclic amines) is 1. The Balaban J connectivity index is 1.50. The third-order valence-corrected chi connectivity index (χ3v) is 5.04. The van der Waals surface area contributed by atoms with Crippen LogP contribution in [0.25, 0.3) is 5.65 Å². The van der Waals surface area contributed by atoms with Gasteiger partial charge in [0.25, 0.3) is 5.91 Å². The van der Waals surface area contributed by atoms with Crippen LogP contribution in [0.2, 0.25) is 5.02 Å². The average molecular weight is 377 g/mol. The highest BCUT2D eigenvalue weighted by molar-refractivity contribution is 6.33. The zero-order valence-electron chi connectivity index (χ0n) is 13.7. The van der Waals surface area contributed by atoms with Crippen molar-refractivity contribution in [2.75, 3.05) is 13.1 Å². The zero-order valence-corrected chi connectivity index (χ0v) is 14.5. The molecule has 26 heavy (non-hydrogen) atoms.